The number of carbonyl (C=O) groups is 1. The van der Waals surface area contributed by atoms with E-state index in [9.17, 15) is 14.9 Å². The minimum Gasteiger partial charge on any atom is -0.342 e. The number of carbonyl (C=O) groups excluding carboxylic acids is 1. The molecule has 0 aromatic heterocycles. The number of non-ortho nitro benzene ring substituents is 1. The zero-order valence-electron chi connectivity index (χ0n) is 12.2. The number of hydrogen-bond donors (Lipinski definition) is 1. The van der Waals surface area contributed by atoms with Gasteiger partial charge < -0.3 is 10.6 Å². The van der Waals surface area contributed by atoms with Crippen LogP contribution in [0, 0.1) is 16.0 Å². The van der Waals surface area contributed by atoms with E-state index in [1.165, 1.54) is 12.1 Å². The van der Waals surface area contributed by atoms with Crippen molar-refractivity contribution < 1.29 is 9.72 Å². The maximum Gasteiger partial charge on any atom is 0.269 e. The summed E-state index contributed by atoms with van der Waals surface area (Å²) in [6.45, 7) is 0.611. The number of benzene rings is 1. The second-order valence-electron chi connectivity index (χ2n) is 5.60. The van der Waals surface area contributed by atoms with Crippen LogP contribution in [0.2, 0.25) is 0 Å². The quantitative estimate of drug-likeness (QED) is 0.660. The van der Waals surface area contributed by atoms with Gasteiger partial charge in [0, 0.05) is 25.2 Å². The van der Waals surface area contributed by atoms with Crippen molar-refractivity contribution in [3.8, 4) is 0 Å². The summed E-state index contributed by atoms with van der Waals surface area (Å²) >= 11 is 0. The fourth-order valence-corrected chi connectivity index (χ4v) is 3.02. The molecular weight excluding hydrogens is 270 g/mol. The van der Waals surface area contributed by atoms with Crippen LogP contribution in [-0.4, -0.2) is 35.4 Å². The Morgan fingerprint density at radius 3 is 2.62 bits per heavy atom. The van der Waals surface area contributed by atoms with Gasteiger partial charge in [-0.05, 0) is 30.9 Å². The van der Waals surface area contributed by atoms with Crippen molar-refractivity contribution in [2.24, 2.45) is 11.7 Å². The SMILES string of the molecule is CN(C(=O)Cc1ccc([N+](=O)[O-])cc1)C1CCCC1CN. The zero-order valence-corrected chi connectivity index (χ0v) is 12.2. The van der Waals surface area contributed by atoms with E-state index in [1.54, 1.807) is 17.0 Å². The third-order valence-corrected chi connectivity index (χ3v) is 4.32. The van der Waals surface area contributed by atoms with Crippen molar-refractivity contribution in [1.82, 2.24) is 4.90 Å². The molecule has 0 aliphatic heterocycles. The van der Waals surface area contributed by atoms with E-state index < -0.39 is 4.92 Å². The molecule has 6 nitrogen and oxygen atoms in total. The molecule has 114 valence electrons. The molecule has 6 heteroatoms. The van der Waals surface area contributed by atoms with Crippen molar-refractivity contribution in [2.45, 2.75) is 31.7 Å². The van der Waals surface area contributed by atoms with Crippen LogP contribution in [0.1, 0.15) is 24.8 Å². The Bertz CT molecular complexity index is 515. The van der Waals surface area contributed by atoms with Crippen molar-refractivity contribution in [3.63, 3.8) is 0 Å². The number of nitrogens with two attached hydrogens (primary N) is 1. The van der Waals surface area contributed by atoms with E-state index in [2.05, 4.69) is 0 Å². The second-order valence-corrected chi connectivity index (χ2v) is 5.60. The molecule has 1 saturated carbocycles. The number of nitro benzene ring substituents is 1. The lowest BCUT2D eigenvalue weighted by Crippen LogP contribution is -2.42. The third kappa shape index (κ3) is 3.58. The van der Waals surface area contributed by atoms with Gasteiger partial charge in [-0.15, -0.1) is 0 Å². The van der Waals surface area contributed by atoms with Crippen LogP contribution in [0.4, 0.5) is 5.69 Å². The van der Waals surface area contributed by atoms with Crippen LogP contribution in [0.5, 0.6) is 0 Å². The van der Waals surface area contributed by atoms with Crippen LogP contribution in [0.3, 0.4) is 0 Å². The highest BCUT2D eigenvalue weighted by molar-refractivity contribution is 5.79. The zero-order chi connectivity index (χ0) is 15.4. The van der Waals surface area contributed by atoms with Crippen molar-refractivity contribution in [1.29, 1.82) is 0 Å². The van der Waals surface area contributed by atoms with Gasteiger partial charge in [0.1, 0.15) is 0 Å². The third-order valence-electron chi connectivity index (χ3n) is 4.32. The first-order valence-corrected chi connectivity index (χ1v) is 7.22. The van der Waals surface area contributed by atoms with Gasteiger partial charge in [-0.25, -0.2) is 0 Å². The van der Waals surface area contributed by atoms with E-state index in [0.29, 0.717) is 12.5 Å². The van der Waals surface area contributed by atoms with Gasteiger partial charge in [-0.3, -0.25) is 14.9 Å². The molecule has 0 saturated heterocycles. The predicted octanol–water partition coefficient (Wildman–Crippen LogP) is 1.72. The molecule has 1 aromatic carbocycles. The van der Waals surface area contributed by atoms with Gasteiger partial charge in [-0.2, -0.15) is 0 Å². The molecule has 2 atom stereocenters. The molecule has 2 rings (SSSR count). The highest BCUT2D eigenvalue weighted by Gasteiger charge is 2.31. The van der Waals surface area contributed by atoms with E-state index in [1.807, 2.05) is 7.05 Å². The summed E-state index contributed by atoms with van der Waals surface area (Å²) in [6.07, 6.45) is 3.46. The number of rotatable bonds is 5. The number of nitro groups is 1. The molecule has 1 aromatic rings. The van der Waals surface area contributed by atoms with Crippen molar-refractivity contribution in [2.75, 3.05) is 13.6 Å². The summed E-state index contributed by atoms with van der Waals surface area (Å²) in [4.78, 5) is 24.3. The lowest BCUT2D eigenvalue weighted by atomic mass is 10.0. The van der Waals surface area contributed by atoms with Gasteiger partial charge in [0.05, 0.1) is 11.3 Å². The summed E-state index contributed by atoms with van der Waals surface area (Å²) in [5.41, 5.74) is 6.59. The highest BCUT2D eigenvalue weighted by atomic mass is 16.6. The molecule has 1 amide bonds. The smallest absolute Gasteiger partial charge is 0.269 e. The molecule has 2 unspecified atom stereocenters. The van der Waals surface area contributed by atoms with Crippen LogP contribution in [0.15, 0.2) is 24.3 Å². The minimum absolute atomic E-state index is 0.0363. The number of hydrogen-bond acceptors (Lipinski definition) is 4. The molecule has 0 heterocycles. The van der Waals surface area contributed by atoms with Crippen molar-refractivity contribution in [3.05, 3.63) is 39.9 Å². The Balaban J connectivity index is 1.98. The Hall–Kier alpha value is -1.95. The molecule has 1 fully saturated rings. The maximum atomic E-state index is 12.3. The summed E-state index contributed by atoms with van der Waals surface area (Å²) in [5, 5.41) is 10.6. The predicted molar refractivity (Wildman–Crippen MR) is 79.8 cm³/mol. The van der Waals surface area contributed by atoms with Crippen LogP contribution in [0.25, 0.3) is 0 Å². The average molecular weight is 291 g/mol. The fourth-order valence-electron chi connectivity index (χ4n) is 3.02. The molecule has 2 N–H and O–H groups in total. The molecule has 0 bridgehead atoms. The van der Waals surface area contributed by atoms with Gasteiger partial charge in [0.2, 0.25) is 5.91 Å². The first-order valence-electron chi connectivity index (χ1n) is 7.22. The molecule has 1 aliphatic carbocycles. The molecule has 21 heavy (non-hydrogen) atoms. The Morgan fingerprint density at radius 2 is 2.05 bits per heavy atom. The molecule has 0 radical (unpaired) electrons. The highest BCUT2D eigenvalue weighted by Crippen LogP contribution is 2.28. The summed E-state index contributed by atoms with van der Waals surface area (Å²) < 4.78 is 0. The number of nitrogens with zero attached hydrogens (tertiary/aromatic N) is 2. The number of likely N-dealkylation sites (N-methyl/N-ethyl adjacent to an activating group) is 1. The molecule has 0 spiro atoms. The Kier molecular flexibility index (Phi) is 4.90. The van der Waals surface area contributed by atoms with E-state index in [4.69, 9.17) is 5.73 Å². The normalized spacial score (nSPS) is 21.2. The topological polar surface area (TPSA) is 89.5 Å². The van der Waals surface area contributed by atoms with Crippen LogP contribution in [-0.2, 0) is 11.2 Å². The van der Waals surface area contributed by atoms with Gasteiger partial charge in [-0.1, -0.05) is 18.6 Å². The summed E-state index contributed by atoms with van der Waals surface area (Å²) in [6, 6.07) is 6.36. The fraction of sp³-hybridized carbons (Fsp3) is 0.533. The summed E-state index contributed by atoms with van der Waals surface area (Å²) in [7, 11) is 1.83. The van der Waals surface area contributed by atoms with Gasteiger partial charge in [0.15, 0.2) is 0 Å². The van der Waals surface area contributed by atoms with Gasteiger partial charge >= 0.3 is 0 Å². The minimum atomic E-state index is -0.442. The Morgan fingerprint density at radius 1 is 1.38 bits per heavy atom. The van der Waals surface area contributed by atoms with Gasteiger partial charge in [0.25, 0.3) is 5.69 Å². The first kappa shape index (κ1) is 15.4. The van der Waals surface area contributed by atoms with Crippen molar-refractivity contribution >= 4 is 11.6 Å². The van der Waals surface area contributed by atoms with Crippen LogP contribution >= 0.6 is 0 Å². The Labute approximate surface area is 124 Å². The van der Waals surface area contributed by atoms with E-state index in [0.717, 1.165) is 24.8 Å². The van der Waals surface area contributed by atoms with E-state index in [-0.39, 0.29) is 24.1 Å². The maximum absolute atomic E-state index is 12.3. The monoisotopic (exact) mass is 291 g/mol. The van der Waals surface area contributed by atoms with Crippen LogP contribution < -0.4 is 5.73 Å². The first-order chi connectivity index (χ1) is 10.0. The second kappa shape index (κ2) is 6.67. The van der Waals surface area contributed by atoms with E-state index >= 15 is 0 Å². The lowest BCUT2D eigenvalue weighted by molar-refractivity contribution is -0.384. The lowest BCUT2D eigenvalue weighted by Gasteiger charge is -2.29. The largest absolute Gasteiger partial charge is 0.342 e. The summed E-state index contributed by atoms with van der Waals surface area (Å²) in [5.74, 6) is 0.421. The molecular formula is C15H21N3O3. The average Bonchev–Trinajstić information content (AvgIpc) is 2.95. The standard InChI is InChI=1S/C15H21N3O3/c1-17(14-4-2-3-12(14)10-16)15(19)9-11-5-7-13(8-6-11)18(20)21/h5-8,12,14H,2-4,9-10,16H2,1H3. The number of amides is 1. The molecule has 1 aliphatic rings.